The van der Waals surface area contributed by atoms with Crippen molar-refractivity contribution in [1.29, 1.82) is 0 Å². The van der Waals surface area contributed by atoms with E-state index in [2.05, 4.69) is 21.3 Å². The molecule has 2 aromatic carbocycles. The van der Waals surface area contributed by atoms with E-state index in [1.54, 1.807) is 0 Å². The number of rotatable bonds is 18. The maximum Gasteiger partial charge on any atom is 0.243 e. The van der Waals surface area contributed by atoms with Crippen LogP contribution in [0, 0.1) is 17.8 Å². The van der Waals surface area contributed by atoms with E-state index >= 15 is 0 Å². The minimum atomic E-state index is -1.07. The van der Waals surface area contributed by atoms with Crippen LogP contribution in [0.25, 0.3) is 0 Å². The summed E-state index contributed by atoms with van der Waals surface area (Å²) in [4.78, 5) is 54.0. The van der Waals surface area contributed by atoms with Crippen LogP contribution in [-0.2, 0) is 25.6 Å². The summed E-state index contributed by atoms with van der Waals surface area (Å²) < 4.78 is 5.77. The highest BCUT2D eigenvalue weighted by molar-refractivity contribution is 5.92. The number of fused-ring (bicyclic) bond motifs is 1. The Morgan fingerprint density at radius 1 is 0.800 bits per heavy atom. The summed E-state index contributed by atoms with van der Waals surface area (Å²) in [6.45, 7) is 8.87. The van der Waals surface area contributed by atoms with Gasteiger partial charge in [-0.05, 0) is 42.2 Å². The fraction of sp³-hybridized carbons (Fsp3) is 0.600. The molecule has 2 aliphatic rings. The van der Waals surface area contributed by atoms with Crippen molar-refractivity contribution in [1.82, 2.24) is 21.3 Å². The van der Waals surface area contributed by atoms with Gasteiger partial charge in [-0.25, -0.2) is 0 Å². The molecule has 2 aromatic rings. The molecule has 0 spiro atoms. The van der Waals surface area contributed by atoms with Crippen LogP contribution in [0.3, 0.4) is 0 Å². The van der Waals surface area contributed by atoms with Gasteiger partial charge in [-0.2, -0.15) is 0 Å². The molecule has 1 unspecified atom stereocenters. The quantitative estimate of drug-likeness (QED) is 0.152. The molecule has 0 bridgehead atoms. The lowest BCUT2D eigenvalue weighted by Gasteiger charge is -2.32. The highest BCUT2D eigenvalue weighted by Crippen LogP contribution is 2.35. The topological polar surface area (TPSA) is 146 Å². The van der Waals surface area contributed by atoms with Crippen molar-refractivity contribution in [2.24, 2.45) is 17.8 Å². The number of ether oxygens (including phenoxy) is 1. The zero-order valence-corrected chi connectivity index (χ0v) is 30.3. The number of aliphatic hydroxyl groups is 1. The van der Waals surface area contributed by atoms with Gasteiger partial charge in [0.15, 0.2) is 0 Å². The number of hydrogen-bond acceptors (Lipinski definition) is 6. The first-order chi connectivity index (χ1) is 24.0. The molecule has 1 aliphatic heterocycles. The molecule has 0 saturated heterocycles. The third kappa shape index (κ3) is 12.4. The van der Waals surface area contributed by atoms with E-state index in [-0.39, 0.29) is 48.8 Å². The summed E-state index contributed by atoms with van der Waals surface area (Å²) in [5, 5.41) is 23.1. The highest BCUT2D eigenvalue weighted by atomic mass is 16.5. The van der Waals surface area contributed by atoms with Gasteiger partial charge < -0.3 is 31.1 Å². The number of hydrogen-bond donors (Lipinski definition) is 5. The van der Waals surface area contributed by atoms with Gasteiger partial charge in [0.05, 0.1) is 25.2 Å². The molecule has 5 N–H and O–H groups in total. The number of nitrogens with one attached hydrogen (secondary N) is 4. The highest BCUT2D eigenvalue weighted by Gasteiger charge is 2.33. The maximum atomic E-state index is 14.0. The van der Waals surface area contributed by atoms with Gasteiger partial charge in [-0.15, -0.1) is 0 Å². The van der Waals surface area contributed by atoms with Crippen LogP contribution >= 0.6 is 0 Å². The molecule has 10 heteroatoms. The van der Waals surface area contributed by atoms with E-state index in [1.165, 1.54) is 6.42 Å². The molecule has 50 heavy (non-hydrogen) atoms. The van der Waals surface area contributed by atoms with Gasteiger partial charge in [-0.3, -0.25) is 19.2 Å². The molecular weight excluding hydrogens is 632 g/mol. The van der Waals surface area contributed by atoms with Gasteiger partial charge in [-0.1, -0.05) is 108 Å². The Bertz CT molecular complexity index is 1390. The average Bonchev–Trinajstić information content (AvgIpc) is 3.49. The molecular formula is C40H58N4O6. The number of para-hydroxylation sites is 1. The van der Waals surface area contributed by atoms with Gasteiger partial charge in [0.2, 0.25) is 23.6 Å². The first-order valence-corrected chi connectivity index (χ1v) is 18.6. The Morgan fingerprint density at radius 2 is 1.48 bits per heavy atom. The molecule has 0 aromatic heterocycles. The van der Waals surface area contributed by atoms with Crippen molar-refractivity contribution in [3.05, 3.63) is 65.7 Å². The molecule has 1 heterocycles. The fourth-order valence-electron chi connectivity index (χ4n) is 7.01. The predicted molar refractivity (Wildman–Crippen MR) is 194 cm³/mol. The van der Waals surface area contributed by atoms with Crippen LogP contribution in [0.15, 0.2) is 54.6 Å². The van der Waals surface area contributed by atoms with E-state index in [1.807, 2.05) is 82.3 Å². The summed E-state index contributed by atoms with van der Waals surface area (Å²) in [7, 11) is 0. The van der Waals surface area contributed by atoms with Crippen LogP contribution in [0.5, 0.6) is 5.75 Å². The average molecular weight is 691 g/mol. The minimum Gasteiger partial charge on any atom is -0.493 e. The standard InChI is InChI=1S/C40H58N4O6/c1-26(2)19-33(39(48)43-32(20-28-13-7-5-8-14-28)35(45)23-37(46)41-24-27(3)4)44-40(49)34(21-29-15-9-6-10-16-29)42-38(47)22-30-25-50-36-18-12-11-17-31(30)36/h6,9-12,15-18,26-28,30,32-35,45H,5,7-8,13-14,19-25H2,1-4H3,(H,41,46)(H,42,47)(H,43,48)(H,44,49)/t30?,32-,33-,34-,35-/m0/s1. The Kier molecular flexibility index (Phi) is 15.1. The lowest BCUT2D eigenvalue weighted by Crippen LogP contribution is -2.57. The van der Waals surface area contributed by atoms with Crippen LogP contribution in [0.2, 0.25) is 0 Å². The zero-order valence-electron chi connectivity index (χ0n) is 30.3. The van der Waals surface area contributed by atoms with E-state index < -0.39 is 36.0 Å². The molecule has 4 amide bonds. The van der Waals surface area contributed by atoms with Crippen LogP contribution in [0.4, 0.5) is 0 Å². The van der Waals surface area contributed by atoms with Crippen molar-refractivity contribution in [2.75, 3.05) is 13.2 Å². The van der Waals surface area contributed by atoms with Crippen LogP contribution in [-0.4, -0.2) is 66.1 Å². The van der Waals surface area contributed by atoms with Gasteiger partial charge in [0, 0.05) is 30.9 Å². The van der Waals surface area contributed by atoms with Gasteiger partial charge in [0.1, 0.15) is 17.8 Å². The smallest absolute Gasteiger partial charge is 0.243 e. The van der Waals surface area contributed by atoms with Crippen molar-refractivity contribution in [3.63, 3.8) is 0 Å². The second-order valence-corrected chi connectivity index (χ2v) is 15.1. The van der Waals surface area contributed by atoms with E-state index in [0.717, 1.165) is 42.6 Å². The fourth-order valence-corrected chi connectivity index (χ4v) is 7.01. The largest absolute Gasteiger partial charge is 0.493 e. The van der Waals surface area contributed by atoms with E-state index in [9.17, 15) is 24.3 Å². The third-order valence-corrected chi connectivity index (χ3v) is 9.71. The minimum absolute atomic E-state index is 0.0687. The number of carbonyl (C=O) groups excluding carboxylic acids is 4. The molecule has 10 nitrogen and oxygen atoms in total. The van der Waals surface area contributed by atoms with Crippen LogP contribution in [0.1, 0.15) is 103 Å². The summed E-state index contributed by atoms with van der Waals surface area (Å²) >= 11 is 0. The normalized spacial score (nSPS) is 18.3. The van der Waals surface area contributed by atoms with Gasteiger partial charge in [0.25, 0.3) is 0 Å². The molecule has 1 saturated carbocycles. The molecule has 274 valence electrons. The lowest BCUT2D eigenvalue weighted by molar-refractivity contribution is -0.133. The Morgan fingerprint density at radius 3 is 2.18 bits per heavy atom. The van der Waals surface area contributed by atoms with E-state index in [4.69, 9.17) is 4.74 Å². The molecule has 1 fully saturated rings. The van der Waals surface area contributed by atoms with E-state index in [0.29, 0.717) is 31.9 Å². The van der Waals surface area contributed by atoms with Crippen molar-refractivity contribution in [2.45, 2.75) is 122 Å². The first-order valence-electron chi connectivity index (χ1n) is 18.6. The summed E-state index contributed by atoms with van der Waals surface area (Å²) in [5.74, 6) is -0.0559. The second kappa shape index (κ2) is 19.5. The van der Waals surface area contributed by atoms with Crippen molar-refractivity contribution >= 4 is 23.6 Å². The molecule has 4 rings (SSSR count). The van der Waals surface area contributed by atoms with Gasteiger partial charge >= 0.3 is 0 Å². The Labute approximate surface area is 297 Å². The predicted octanol–water partition coefficient (Wildman–Crippen LogP) is 4.79. The second-order valence-electron chi connectivity index (χ2n) is 15.1. The Hall–Kier alpha value is -3.92. The molecule has 1 aliphatic carbocycles. The molecule has 5 atom stereocenters. The number of benzene rings is 2. The number of amides is 4. The number of aliphatic hydroxyl groups excluding tert-OH is 1. The summed E-state index contributed by atoms with van der Waals surface area (Å²) in [6, 6.07) is 14.7. The summed E-state index contributed by atoms with van der Waals surface area (Å²) in [5.41, 5.74) is 1.85. The Balaban J connectivity index is 1.47. The molecule has 0 radical (unpaired) electrons. The first kappa shape index (κ1) is 38.9. The monoisotopic (exact) mass is 690 g/mol. The third-order valence-electron chi connectivity index (χ3n) is 9.71. The number of carbonyl (C=O) groups is 4. The SMILES string of the molecule is CC(C)CNC(=O)C[C@H](O)[C@H](CC1CCCCC1)NC(=O)[C@H](CC(C)C)NC(=O)[C@H](Cc1ccccc1)NC(=O)CC1COc2ccccc21. The van der Waals surface area contributed by atoms with Crippen molar-refractivity contribution in [3.8, 4) is 5.75 Å². The maximum absolute atomic E-state index is 14.0. The lowest BCUT2D eigenvalue weighted by atomic mass is 9.83. The zero-order chi connectivity index (χ0) is 36.0. The summed E-state index contributed by atoms with van der Waals surface area (Å²) in [6.07, 6.45) is 5.58. The van der Waals surface area contributed by atoms with Crippen LogP contribution < -0.4 is 26.0 Å². The van der Waals surface area contributed by atoms with Crippen molar-refractivity contribution < 1.29 is 29.0 Å².